The van der Waals surface area contributed by atoms with Gasteiger partial charge in [-0.25, -0.2) is 4.79 Å². The van der Waals surface area contributed by atoms with Crippen molar-refractivity contribution in [1.29, 1.82) is 5.26 Å². The van der Waals surface area contributed by atoms with E-state index in [0.717, 1.165) is 33.4 Å². The van der Waals surface area contributed by atoms with E-state index in [4.69, 9.17) is 49.4 Å². The monoisotopic (exact) mass is 1070 g/mol. The molecule has 0 fully saturated rings. The Morgan fingerprint density at radius 2 is 1.43 bits per heavy atom. The predicted octanol–water partition coefficient (Wildman–Crippen LogP) is 12.0. The van der Waals surface area contributed by atoms with Gasteiger partial charge in [-0.1, -0.05) is 68.8 Å². The minimum atomic E-state index is -2.05. The number of methoxy groups -OCH3 is 1. The molecule has 0 aliphatic carbocycles. The van der Waals surface area contributed by atoms with E-state index in [0.29, 0.717) is 63.7 Å². The number of esters is 1. The third-order valence-corrected chi connectivity index (χ3v) is 17.5. The third kappa shape index (κ3) is 18.0. The highest BCUT2D eigenvalue weighted by Crippen LogP contribution is 2.38. The molecule has 17 heteroatoms. The summed E-state index contributed by atoms with van der Waals surface area (Å²) >= 11 is 6.88. The molecule has 0 aliphatic rings. The number of carbonyl (C=O) groups excluding carboxylic acids is 2. The van der Waals surface area contributed by atoms with Crippen LogP contribution in [0.2, 0.25) is 23.2 Å². The van der Waals surface area contributed by atoms with E-state index in [1.807, 2.05) is 51.1 Å². The molecule has 1 amide bonds. The number of aliphatic hydroxyl groups excluding tert-OH is 1. The zero-order chi connectivity index (χ0) is 55.3. The highest BCUT2D eigenvalue weighted by atomic mass is 35.5. The summed E-state index contributed by atoms with van der Waals surface area (Å²) in [4.78, 5) is 36.2. The summed E-state index contributed by atoms with van der Waals surface area (Å²) in [5.74, 6) is 1.09. The first-order valence-electron chi connectivity index (χ1n) is 25.2. The standard InChI is InChI=1S/C58H76ClN5O10Si/c1-38-43(36-70-51-28-50(69-35-41-25-40(29-60)30-61-31-41)45(26-49(51)59)32-62-33-46(65)27-53(66)73-56(3,4)5)17-15-19-47(38)48-20-16-18-44(39(48)2)37-71-52-22-21-42(54(63-52)68-12)34-64(55(67)74-57(6,7)8)23-24-72-75(13,14)58(9,10)11/h15-22,25-26,28,30-31,46,62,65H,23-24,27,32-37H2,1-14H3/t46-/m0/s1. The number of ether oxygens (including phenoxy) is 6. The van der Waals surface area contributed by atoms with Crippen molar-refractivity contribution in [2.75, 3.05) is 26.8 Å². The quantitative estimate of drug-likeness (QED) is 0.0465. The molecule has 2 heterocycles. The van der Waals surface area contributed by atoms with Crippen LogP contribution in [-0.2, 0) is 51.6 Å². The number of rotatable bonds is 23. The van der Waals surface area contributed by atoms with Crippen LogP contribution in [0.3, 0.4) is 0 Å². The van der Waals surface area contributed by atoms with Crippen LogP contribution in [0.1, 0.15) is 113 Å². The summed E-state index contributed by atoms with van der Waals surface area (Å²) in [6.45, 7) is 27.8. The zero-order valence-corrected chi connectivity index (χ0v) is 48.0. The van der Waals surface area contributed by atoms with Crippen LogP contribution >= 0.6 is 11.6 Å². The van der Waals surface area contributed by atoms with E-state index in [-0.39, 0.29) is 50.9 Å². The van der Waals surface area contributed by atoms with Gasteiger partial charge in [0.15, 0.2) is 8.32 Å². The Morgan fingerprint density at radius 1 is 0.800 bits per heavy atom. The Labute approximate surface area is 449 Å². The zero-order valence-electron chi connectivity index (χ0n) is 46.2. The highest BCUT2D eigenvalue weighted by Gasteiger charge is 2.37. The van der Waals surface area contributed by atoms with Crippen molar-refractivity contribution in [1.82, 2.24) is 20.2 Å². The molecule has 2 N–H and O–H groups in total. The van der Waals surface area contributed by atoms with Crippen molar-refractivity contribution in [2.24, 2.45) is 0 Å². The fourth-order valence-electron chi connectivity index (χ4n) is 7.56. The van der Waals surface area contributed by atoms with Gasteiger partial charge in [0.2, 0.25) is 11.8 Å². The molecule has 404 valence electrons. The van der Waals surface area contributed by atoms with Crippen LogP contribution in [0.4, 0.5) is 4.79 Å². The van der Waals surface area contributed by atoms with Gasteiger partial charge >= 0.3 is 12.1 Å². The van der Waals surface area contributed by atoms with Crippen LogP contribution in [-0.4, -0.2) is 84.5 Å². The third-order valence-electron chi connectivity index (χ3n) is 12.6. The summed E-state index contributed by atoms with van der Waals surface area (Å²) in [5, 5.41) is 23.6. The molecule has 2 aromatic heterocycles. The molecule has 0 aliphatic heterocycles. The summed E-state index contributed by atoms with van der Waals surface area (Å²) in [5.41, 5.74) is 7.20. The molecule has 5 aromatic rings. The number of carbonyl (C=O) groups is 2. The summed E-state index contributed by atoms with van der Waals surface area (Å²) in [7, 11) is -0.504. The molecule has 0 saturated heterocycles. The normalized spacial score (nSPS) is 12.4. The van der Waals surface area contributed by atoms with Gasteiger partial charge < -0.3 is 48.2 Å². The van der Waals surface area contributed by atoms with E-state index in [2.05, 4.69) is 76.2 Å². The number of nitriles is 1. The van der Waals surface area contributed by atoms with Crippen LogP contribution in [0, 0.1) is 25.2 Å². The number of halogens is 1. The number of hydrogen-bond acceptors (Lipinski definition) is 14. The molecule has 0 unspecified atom stereocenters. The van der Waals surface area contributed by atoms with Crippen molar-refractivity contribution in [3.63, 3.8) is 0 Å². The maximum atomic E-state index is 13.5. The van der Waals surface area contributed by atoms with Crippen LogP contribution in [0.15, 0.2) is 79.1 Å². The molecule has 5 rings (SSSR count). The van der Waals surface area contributed by atoms with Gasteiger partial charge in [0, 0.05) is 60.9 Å². The largest absolute Gasteiger partial charge is 0.488 e. The molecule has 0 radical (unpaired) electrons. The van der Waals surface area contributed by atoms with E-state index < -0.39 is 37.7 Å². The predicted molar refractivity (Wildman–Crippen MR) is 294 cm³/mol. The summed E-state index contributed by atoms with van der Waals surface area (Å²) < 4.78 is 42.3. The van der Waals surface area contributed by atoms with Crippen LogP contribution < -0.4 is 24.3 Å². The van der Waals surface area contributed by atoms with Gasteiger partial charge in [0.25, 0.3) is 0 Å². The van der Waals surface area contributed by atoms with Gasteiger partial charge in [-0.2, -0.15) is 10.2 Å². The molecule has 1 atom stereocenters. The first-order chi connectivity index (χ1) is 35.2. The molecule has 75 heavy (non-hydrogen) atoms. The van der Waals surface area contributed by atoms with E-state index in [1.165, 1.54) is 6.20 Å². The minimum Gasteiger partial charge on any atom is -0.488 e. The average molecular weight is 1070 g/mol. The fraction of sp³-hybridized carbons (Fsp3) is 0.466. The lowest BCUT2D eigenvalue weighted by Gasteiger charge is -2.37. The number of pyridine rings is 2. The van der Waals surface area contributed by atoms with Gasteiger partial charge in [-0.05, 0) is 125 Å². The molecule has 3 aromatic carbocycles. The van der Waals surface area contributed by atoms with Gasteiger partial charge in [-0.3, -0.25) is 9.78 Å². The van der Waals surface area contributed by atoms with E-state index >= 15 is 0 Å². The SMILES string of the molecule is COc1nc(OCc2cccc(-c3cccc(COc4cc(OCc5cncc(C#N)c5)c(CNC[C@@H](O)CC(=O)OC(C)(C)C)cc4Cl)c3C)c2C)ccc1CN(CCO[Si](C)(C)C(C)(C)C)C(=O)OC(C)(C)C. The maximum absolute atomic E-state index is 13.5. The van der Waals surface area contributed by atoms with E-state index in [9.17, 15) is 20.0 Å². The Hall–Kier alpha value is -6.22. The number of aromatic nitrogens is 2. The van der Waals surface area contributed by atoms with Crippen molar-refractivity contribution >= 4 is 32.0 Å². The van der Waals surface area contributed by atoms with Crippen molar-refractivity contribution in [2.45, 2.75) is 151 Å². The molecule has 0 saturated carbocycles. The minimum absolute atomic E-state index is 0.0265. The number of nitrogens with zero attached hydrogens (tertiary/aromatic N) is 4. The molecular weight excluding hydrogens is 990 g/mol. The molecular formula is C58H76ClN5O10Si. The van der Waals surface area contributed by atoms with Gasteiger partial charge in [0.1, 0.15) is 48.6 Å². The maximum Gasteiger partial charge on any atom is 0.410 e. The second-order valence-corrected chi connectivity index (χ2v) is 27.2. The topological polar surface area (TPSA) is 184 Å². The van der Waals surface area contributed by atoms with Gasteiger partial charge in [-0.15, -0.1) is 0 Å². The molecule has 15 nitrogen and oxygen atoms in total. The van der Waals surface area contributed by atoms with Crippen molar-refractivity contribution in [3.8, 4) is 40.5 Å². The highest BCUT2D eigenvalue weighted by molar-refractivity contribution is 6.74. The number of hydrogen-bond donors (Lipinski definition) is 2. The lowest BCUT2D eigenvalue weighted by atomic mass is 9.92. The molecule has 0 bridgehead atoms. The van der Waals surface area contributed by atoms with Crippen molar-refractivity contribution in [3.05, 3.63) is 129 Å². The number of nitrogens with one attached hydrogen (secondary N) is 1. The van der Waals surface area contributed by atoms with Crippen LogP contribution in [0.5, 0.6) is 23.3 Å². The van der Waals surface area contributed by atoms with Crippen LogP contribution in [0.25, 0.3) is 11.1 Å². The lowest BCUT2D eigenvalue weighted by molar-refractivity contribution is -0.157. The first-order valence-corrected chi connectivity index (χ1v) is 28.4. The Kier molecular flexibility index (Phi) is 20.7. The Morgan fingerprint density at radius 3 is 2.03 bits per heavy atom. The van der Waals surface area contributed by atoms with Crippen molar-refractivity contribution < 1.29 is 47.5 Å². The smallest absolute Gasteiger partial charge is 0.410 e. The second-order valence-electron chi connectivity index (χ2n) is 22.0. The Balaban J connectivity index is 1.29. The van der Waals surface area contributed by atoms with E-state index in [1.54, 1.807) is 63.2 Å². The summed E-state index contributed by atoms with van der Waals surface area (Å²) in [6.07, 6.45) is 1.52. The van der Waals surface area contributed by atoms with Gasteiger partial charge in [0.05, 0.1) is 43.4 Å². The molecule has 0 spiro atoms. The number of benzene rings is 3. The Bertz CT molecular complexity index is 2800. The fourth-order valence-corrected chi connectivity index (χ4v) is 8.84. The first kappa shape index (κ1) is 59.7. The average Bonchev–Trinajstić information content (AvgIpc) is 3.32. The lowest BCUT2D eigenvalue weighted by Crippen LogP contribution is -2.44. The second kappa shape index (κ2) is 26.0. The number of aliphatic hydroxyl groups is 1. The number of amides is 1. The summed E-state index contributed by atoms with van der Waals surface area (Å²) in [6, 6.07) is 23.1.